The summed E-state index contributed by atoms with van der Waals surface area (Å²) in [5.41, 5.74) is 5.87. The highest BCUT2D eigenvalue weighted by Gasteiger charge is 2.24. The van der Waals surface area contributed by atoms with E-state index in [-0.39, 0.29) is 11.8 Å². The van der Waals surface area contributed by atoms with E-state index in [1.807, 2.05) is 86.0 Å². The van der Waals surface area contributed by atoms with Crippen LogP contribution < -0.4 is 4.90 Å². The van der Waals surface area contributed by atoms with E-state index in [1.54, 1.807) is 0 Å². The number of anilines is 1. The summed E-state index contributed by atoms with van der Waals surface area (Å²) in [5.74, 6) is 1.10. The van der Waals surface area contributed by atoms with Crippen LogP contribution in [-0.4, -0.2) is 76.4 Å². The number of nitrogens with zero attached hydrogens (tertiary/aromatic N) is 6. The Labute approximate surface area is 246 Å². The van der Waals surface area contributed by atoms with Crippen molar-refractivity contribution in [3.63, 3.8) is 0 Å². The van der Waals surface area contributed by atoms with Gasteiger partial charge >= 0.3 is 0 Å². The summed E-state index contributed by atoms with van der Waals surface area (Å²) in [6.07, 6.45) is 6.69. The number of halogens is 2. The maximum atomic E-state index is 13.4. The van der Waals surface area contributed by atoms with Crippen molar-refractivity contribution >= 4 is 40.6 Å². The second-order valence-electron chi connectivity index (χ2n) is 10.9. The van der Waals surface area contributed by atoms with E-state index in [2.05, 4.69) is 20.9 Å². The number of fused-ring (bicyclic) bond motifs is 1. The molecule has 0 radical (unpaired) electrons. The van der Waals surface area contributed by atoms with Crippen molar-refractivity contribution in [1.29, 1.82) is 0 Å². The first-order chi connectivity index (χ1) is 19.2. The molecule has 1 saturated heterocycles. The molecular weight excluding hydrogens is 543 g/mol. The normalized spacial score (nSPS) is 15.0. The van der Waals surface area contributed by atoms with E-state index in [1.165, 1.54) is 0 Å². The summed E-state index contributed by atoms with van der Waals surface area (Å²) in [6.45, 7) is 11.2. The van der Waals surface area contributed by atoms with Gasteiger partial charge in [0.1, 0.15) is 0 Å². The highest BCUT2D eigenvalue weighted by Crippen LogP contribution is 2.30. The van der Waals surface area contributed by atoms with Gasteiger partial charge in [0.15, 0.2) is 11.5 Å². The summed E-state index contributed by atoms with van der Waals surface area (Å²) < 4.78 is 2.04. The van der Waals surface area contributed by atoms with E-state index < -0.39 is 0 Å². The molecule has 0 aliphatic carbocycles. The molecule has 1 atom stereocenters. The second-order valence-corrected chi connectivity index (χ2v) is 11.7. The van der Waals surface area contributed by atoms with Crippen LogP contribution in [0.25, 0.3) is 5.65 Å². The van der Waals surface area contributed by atoms with Crippen LogP contribution in [0.3, 0.4) is 0 Å². The van der Waals surface area contributed by atoms with Crippen molar-refractivity contribution in [2.45, 2.75) is 33.1 Å². The molecule has 2 aromatic carbocycles. The molecule has 1 fully saturated rings. The topological polar surface area (TPSA) is 57.0 Å². The largest absolute Gasteiger partial charge is 0.351 e. The van der Waals surface area contributed by atoms with Gasteiger partial charge in [-0.25, -0.2) is 9.97 Å². The minimum Gasteiger partial charge on any atom is -0.351 e. The lowest BCUT2D eigenvalue weighted by molar-refractivity contribution is 0.0782. The van der Waals surface area contributed by atoms with Crippen LogP contribution in [0.2, 0.25) is 10.0 Å². The Balaban J connectivity index is 1.26. The lowest BCUT2D eigenvalue weighted by Gasteiger charge is -2.36. The number of aromatic nitrogens is 3. The summed E-state index contributed by atoms with van der Waals surface area (Å²) in [5, 5.41) is 1.08. The van der Waals surface area contributed by atoms with E-state index in [0.29, 0.717) is 16.6 Å². The van der Waals surface area contributed by atoms with Gasteiger partial charge in [-0.05, 0) is 63.6 Å². The zero-order chi connectivity index (χ0) is 28.4. The van der Waals surface area contributed by atoms with Gasteiger partial charge in [-0.1, -0.05) is 46.5 Å². The van der Waals surface area contributed by atoms with E-state index >= 15 is 0 Å². The maximum Gasteiger partial charge on any atom is 0.253 e. The number of carbonyl (C=O) groups is 1. The van der Waals surface area contributed by atoms with E-state index in [0.717, 1.165) is 78.6 Å². The van der Waals surface area contributed by atoms with Crippen LogP contribution in [0.4, 0.5) is 5.82 Å². The number of rotatable bonds is 8. The van der Waals surface area contributed by atoms with Gasteiger partial charge in [-0.15, -0.1) is 0 Å². The van der Waals surface area contributed by atoms with Crippen LogP contribution in [-0.2, 0) is 0 Å². The lowest BCUT2D eigenvalue weighted by Crippen LogP contribution is -2.47. The third-order valence-electron chi connectivity index (χ3n) is 7.67. The molecule has 1 aliphatic rings. The van der Waals surface area contributed by atoms with Gasteiger partial charge in [0, 0.05) is 69.8 Å². The molecule has 0 bridgehead atoms. The number of imidazole rings is 1. The minimum absolute atomic E-state index is 0.0291. The van der Waals surface area contributed by atoms with Crippen LogP contribution >= 0.6 is 23.2 Å². The predicted molar refractivity (Wildman–Crippen MR) is 163 cm³/mol. The van der Waals surface area contributed by atoms with Gasteiger partial charge in [0.05, 0.1) is 15.7 Å². The van der Waals surface area contributed by atoms with Crippen molar-refractivity contribution in [1.82, 2.24) is 24.2 Å². The average molecular weight is 580 g/mol. The number of hydrogen-bond donors (Lipinski definition) is 0. The van der Waals surface area contributed by atoms with Gasteiger partial charge in [0.2, 0.25) is 0 Å². The average Bonchev–Trinajstić information content (AvgIpc) is 3.40. The number of benzene rings is 2. The first-order valence-electron chi connectivity index (χ1n) is 13.7. The molecule has 3 heterocycles. The van der Waals surface area contributed by atoms with Crippen molar-refractivity contribution < 1.29 is 4.79 Å². The molecule has 0 saturated carbocycles. The molecule has 0 unspecified atom stereocenters. The van der Waals surface area contributed by atoms with Gasteiger partial charge < -0.3 is 14.2 Å². The molecule has 5 rings (SSSR count). The maximum absolute atomic E-state index is 13.4. The molecular formula is C31H36Cl2N6O. The Morgan fingerprint density at radius 2 is 1.73 bits per heavy atom. The number of aryl methyl sites for hydroxylation is 3. The standard InChI is InChI=1S/C31H36Cl2N6O/c1-21-15-22(2)17-26(16-21)31(40)36(4)20-25(24-5-6-27(32)28(33)18-24)7-9-37-11-13-38(14-12-37)30-29-34-8-10-39(29)19-23(3)35-30/h5-6,8,10,15-19,25H,7,9,11-14,20H2,1-4H3/t25-/m1/s1. The lowest BCUT2D eigenvalue weighted by atomic mass is 9.94. The highest BCUT2D eigenvalue weighted by molar-refractivity contribution is 6.42. The SMILES string of the molecule is Cc1cc(C)cc(C(=O)N(C)C[C@@H](CCN2CCN(c3nc(C)cn4ccnc34)CC2)c2ccc(Cl)c(Cl)c2)c1. The fraction of sp³-hybridized carbons (Fsp3) is 0.387. The Hall–Kier alpha value is -3.13. The smallest absolute Gasteiger partial charge is 0.253 e. The second kappa shape index (κ2) is 12.2. The van der Waals surface area contributed by atoms with Crippen molar-refractivity contribution in [3.8, 4) is 0 Å². The molecule has 1 amide bonds. The van der Waals surface area contributed by atoms with Crippen LogP contribution in [0.15, 0.2) is 55.0 Å². The number of hydrogen-bond acceptors (Lipinski definition) is 5. The predicted octanol–water partition coefficient (Wildman–Crippen LogP) is 6.03. The third-order valence-corrected chi connectivity index (χ3v) is 8.41. The Bertz CT molecular complexity index is 1490. The zero-order valence-electron chi connectivity index (χ0n) is 23.6. The zero-order valence-corrected chi connectivity index (χ0v) is 25.1. The molecule has 210 valence electrons. The molecule has 1 aliphatic heterocycles. The Morgan fingerprint density at radius 1 is 1.00 bits per heavy atom. The van der Waals surface area contributed by atoms with Gasteiger partial charge in [0.25, 0.3) is 5.91 Å². The van der Waals surface area contributed by atoms with Crippen LogP contribution in [0.5, 0.6) is 0 Å². The molecule has 4 aromatic rings. The van der Waals surface area contributed by atoms with E-state index in [4.69, 9.17) is 28.2 Å². The van der Waals surface area contributed by atoms with Crippen molar-refractivity contribution in [2.24, 2.45) is 0 Å². The monoisotopic (exact) mass is 578 g/mol. The number of likely N-dealkylation sites (N-methyl/N-ethyl adjacent to an activating group) is 1. The summed E-state index contributed by atoms with van der Waals surface area (Å²) >= 11 is 12.6. The fourth-order valence-electron chi connectivity index (χ4n) is 5.63. The van der Waals surface area contributed by atoms with Crippen molar-refractivity contribution in [3.05, 3.63) is 93.0 Å². The van der Waals surface area contributed by atoms with Crippen molar-refractivity contribution in [2.75, 3.05) is 51.2 Å². The fourth-order valence-corrected chi connectivity index (χ4v) is 5.94. The molecule has 2 aromatic heterocycles. The first-order valence-corrected chi connectivity index (χ1v) is 14.5. The third kappa shape index (κ3) is 6.43. The Kier molecular flexibility index (Phi) is 8.64. The van der Waals surface area contributed by atoms with E-state index in [9.17, 15) is 4.79 Å². The first kappa shape index (κ1) is 28.4. The van der Waals surface area contributed by atoms with Gasteiger partial charge in [-0.3, -0.25) is 9.69 Å². The van der Waals surface area contributed by atoms with Crippen LogP contribution in [0, 0.1) is 20.8 Å². The number of carbonyl (C=O) groups excluding carboxylic acids is 1. The van der Waals surface area contributed by atoms with Gasteiger partial charge in [-0.2, -0.15) is 0 Å². The number of piperazine rings is 1. The summed E-state index contributed by atoms with van der Waals surface area (Å²) in [6, 6.07) is 11.8. The Morgan fingerprint density at radius 3 is 2.42 bits per heavy atom. The number of amides is 1. The molecule has 0 spiro atoms. The summed E-state index contributed by atoms with van der Waals surface area (Å²) in [7, 11) is 1.88. The minimum atomic E-state index is 0.0291. The quantitative estimate of drug-likeness (QED) is 0.255. The molecule has 7 nitrogen and oxygen atoms in total. The summed E-state index contributed by atoms with van der Waals surface area (Å²) in [4.78, 5) is 29.3. The van der Waals surface area contributed by atoms with Crippen LogP contribution in [0.1, 0.15) is 45.1 Å². The molecule has 9 heteroatoms. The highest BCUT2D eigenvalue weighted by atomic mass is 35.5. The molecule has 0 N–H and O–H groups in total. The molecule has 40 heavy (non-hydrogen) atoms.